The SMILES string of the molecule is Cc1ccc2nc([C@@H](C)NC(=O)C3CCN(C(=O)C4CC4)CC3)[nH]c2c1. The Balaban J connectivity index is 1.34. The predicted molar refractivity (Wildman–Crippen MR) is 99.4 cm³/mol. The summed E-state index contributed by atoms with van der Waals surface area (Å²) >= 11 is 0. The molecule has 1 aliphatic carbocycles. The highest BCUT2D eigenvalue weighted by Gasteiger charge is 2.36. The molecule has 2 fully saturated rings. The maximum atomic E-state index is 12.6. The molecule has 6 nitrogen and oxygen atoms in total. The molecule has 138 valence electrons. The van der Waals surface area contributed by atoms with Gasteiger partial charge in [-0.05, 0) is 57.2 Å². The third-order valence-corrected chi connectivity index (χ3v) is 5.53. The first-order valence-corrected chi connectivity index (χ1v) is 9.56. The van der Waals surface area contributed by atoms with Crippen molar-refractivity contribution in [2.75, 3.05) is 13.1 Å². The Hall–Kier alpha value is -2.37. The van der Waals surface area contributed by atoms with Gasteiger partial charge in [0.2, 0.25) is 11.8 Å². The largest absolute Gasteiger partial charge is 0.346 e. The summed E-state index contributed by atoms with van der Waals surface area (Å²) in [7, 11) is 0. The number of benzene rings is 1. The zero-order valence-corrected chi connectivity index (χ0v) is 15.4. The second kappa shape index (κ2) is 6.74. The second-order valence-corrected chi connectivity index (χ2v) is 7.75. The molecule has 1 saturated heterocycles. The van der Waals surface area contributed by atoms with E-state index < -0.39 is 0 Å². The molecule has 0 unspecified atom stereocenters. The number of amides is 2. The molecule has 0 spiro atoms. The molecule has 1 atom stereocenters. The lowest BCUT2D eigenvalue weighted by Gasteiger charge is -2.32. The van der Waals surface area contributed by atoms with Crippen LogP contribution in [0.15, 0.2) is 18.2 Å². The lowest BCUT2D eigenvalue weighted by molar-refractivity contribution is -0.136. The molecule has 4 rings (SSSR count). The molecule has 2 aromatic rings. The minimum absolute atomic E-state index is 0.0210. The zero-order chi connectivity index (χ0) is 18.3. The number of carbonyl (C=O) groups is 2. The number of hydrogen-bond donors (Lipinski definition) is 2. The molecular weight excluding hydrogens is 328 g/mol. The molecule has 6 heteroatoms. The Morgan fingerprint density at radius 3 is 2.62 bits per heavy atom. The molecule has 26 heavy (non-hydrogen) atoms. The average Bonchev–Trinajstić information content (AvgIpc) is 3.40. The van der Waals surface area contributed by atoms with E-state index in [1.165, 1.54) is 5.56 Å². The summed E-state index contributed by atoms with van der Waals surface area (Å²) in [6.45, 7) is 5.40. The topological polar surface area (TPSA) is 78.1 Å². The second-order valence-electron chi connectivity index (χ2n) is 7.75. The number of piperidine rings is 1. The number of nitrogens with one attached hydrogen (secondary N) is 2. The predicted octanol–water partition coefficient (Wildman–Crippen LogP) is 2.70. The van der Waals surface area contributed by atoms with E-state index in [1.807, 2.05) is 30.9 Å². The number of aromatic nitrogens is 2. The number of aromatic amines is 1. The summed E-state index contributed by atoms with van der Waals surface area (Å²) in [6.07, 6.45) is 3.56. The molecule has 2 aliphatic rings. The van der Waals surface area contributed by atoms with Crippen LogP contribution in [0.4, 0.5) is 0 Å². The van der Waals surface area contributed by atoms with Gasteiger partial charge in [0, 0.05) is 24.9 Å². The van der Waals surface area contributed by atoms with Crippen LogP contribution in [0.1, 0.15) is 50.0 Å². The Labute approximate surface area is 153 Å². The molecule has 2 N–H and O–H groups in total. The van der Waals surface area contributed by atoms with Crippen LogP contribution in [-0.4, -0.2) is 39.8 Å². The number of hydrogen-bond acceptors (Lipinski definition) is 3. The first-order valence-electron chi connectivity index (χ1n) is 9.56. The number of carbonyl (C=O) groups excluding carboxylic acids is 2. The number of H-pyrrole nitrogens is 1. The summed E-state index contributed by atoms with van der Waals surface area (Å²) in [5.74, 6) is 1.37. The highest BCUT2D eigenvalue weighted by molar-refractivity contribution is 5.82. The smallest absolute Gasteiger partial charge is 0.225 e. The Bertz CT molecular complexity index is 831. The first-order chi connectivity index (χ1) is 12.5. The molecule has 0 bridgehead atoms. The number of rotatable bonds is 4. The third kappa shape index (κ3) is 3.45. The van der Waals surface area contributed by atoms with Gasteiger partial charge in [0.15, 0.2) is 0 Å². The summed E-state index contributed by atoms with van der Waals surface area (Å²) in [5.41, 5.74) is 3.09. The maximum Gasteiger partial charge on any atom is 0.225 e. The lowest BCUT2D eigenvalue weighted by Crippen LogP contribution is -2.44. The van der Waals surface area contributed by atoms with Crippen molar-refractivity contribution in [3.05, 3.63) is 29.6 Å². The van der Waals surface area contributed by atoms with Crippen LogP contribution in [0, 0.1) is 18.8 Å². The van der Waals surface area contributed by atoms with E-state index in [0.29, 0.717) is 13.1 Å². The molecule has 1 aromatic carbocycles. The summed E-state index contributed by atoms with van der Waals surface area (Å²) in [4.78, 5) is 34.6. The van der Waals surface area contributed by atoms with Crippen LogP contribution in [0.2, 0.25) is 0 Å². The fourth-order valence-corrected chi connectivity index (χ4v) is 3.70. The number of imidazole rings is 1. The summed E-state index contributed by atoms with van der Waals surface area (Å²) < 4.78 is 0. The van der Waals surface area contributed by atoms with Gasteiger partial charge in [0.05, 0.1) is 17.1 Å². The molecule has 2 amide bonds. The number of nitrogens with zero attached hydrogens (tertiary/aromatic N) is 2. The van der Waals surface area contributed by atoms with E-state index >= 15 is 0 Å². The zero-order valence-electron chi connectivity index (χ0n) is 15.4. The lowest BCUT2D eigenvalue weighted by atomic mass is 9.95. The average molecular weight is 354 g/mol. The van der Waals surface area contributed by atoms with E-state index in [0.717, 1.165) is 42.5 Å². The van der Waals surface area contributed by atoms with Gasteiger partial charge in [-0.1, -0.05) is 6.07 Å². The van der Waals surface area contributed by atoms with Crippen molar-refractivity contribution in [1.29, 1.82) is 0 Å². The monoisotopic (exact) mass is 354 g/mol. The van der Waals surface area contributed by atoms with Gasteiger partial charge in [-0.25, -0.2) is 4.98 Å². The van der Waals surface area contributed by atoms with Crippen LogP contribution in [0.5, 0.6) is 0 Å². The van der Waals surface area contributed by atoms with E-state index in [4.69, 9.17) is 0 Å². The standard InChI is InChI=1S/C20H26N4O2/c1-12-3-6-16-17(11-12)23-18(22-16)13(2)21-19(25)14-7-9-24(10-8-14)20(26)15-4-5-15/h3,6,11,13-15H,4-5,7-10H2,1-2H3,(H,21,25)(H,22,23)/t13-/m1/s1. The number of aryl methyl sites for hydroxylation is 1. The van der Waals surface area contributed by atoms with Crippen LogP contribution >= 0.6 is 0 Å². The molecular formula is C20H26N4O2. The molecule has 2 heterocycles. The minimum atomic E-state index is -0.165. The van der Waals surface area contributed by atoms with Gasteiger partial charge >= 0.3 is 0 Å². The van der Waals surface area contributed by atoms with Gasteiger partial charge in [-0.2, -0.15) is 0 Å². The normalized spacial score (nSPS) is 19.5. The van der Waals surface area contributed by atoms with E-state index in [-0.39, 0.29) is 29.7 Å². The molecule has 0 radical (unpaired) electrons. The van der Waals surface area contributed by atoms with Crippen LogP contribution in [0.25, 0.3) is 11.0 Å². The Kier molecular flexibility index (Phi) is 4.42. The van der Waals surface area contributed by atoms with Crippen LogP contribution in [-0.2, 0) is 9.59 Å². The van der Waals surface area contributed by atoms with Crippen molar-refractivity contribution in [2.24, 2.45) is 11.8 Å². The summed E-state index contributed by atoms with van der Waals surface area (Å²) in [5, 5.41) is 3.08. The fourth-order valence-electron chi connectivity index (χ4n) is 3.70. The van der Waals surface area contributed by atoms with Crippen molar-refractivity contribution in [3.63, 3.8) is 0 Å². The van der Waals surface area contributed by atoms with Gasteiger partial charge in [-0.3, -0.25) is 9.59 Å². The number of fused-ring (bicyclic) bond motifs is 1. The maximum absolute atomic E-state index is 12.6. The highest BCUT2D eigenvalue weighted by atomic mass is 16.2. The summed E-state index contributed by atoms with van der Waals surface area (Å²) in [6, 6.07) is 5.92. The van der Waals surface area contributed by atoms with E-state index in [9.17, 15) is 9.59 Å². The molecule has 1 aliphatic heterocycles. The van der Waals surface area contributed by atoms with Gasteiger partial charge < -0.3 is 15.2 Å². The molecule has 1 saturated carbocycles. The van der Waals surface area contributed by atoms with Crippen LogP contribution in [0.3, 0.4) is 0 Å². The minimum Gasteiger partial charge on any atom is -0.346 e. The van der Waals surface area contributed by atoms with E-state index in [2.05, 4.69) is 21.4 Å². The Morgan fingerprint density at radius 1 is 1.19 bits per heavy atom. The van der Waals surface area contributed by atoms with Crippen molar-refractivity contribution < 1.29 is 9.59 Å². The van der Waals surface area contributed by atoms with Gasteiger partial charge in [0.1, 0.15) is 5.82 Å². The van der Waals surface area contributed by atoms with Crippen LogP contribution < -0.4 is 5.32 Å². The van der Waals surface area contributed by atoms with E-state index in [1.54, 1.807) is 0 Å². The van der Waals surface area contributed by atoms with Crippen molar-refractivity contribution in [3.8, 4) is 0 Å². The first kappa shape index (κ1) is 17.1. The van der Waals surface area contributed by atoms with Crippen molar-refractivity contribution in [1.82, 2.24) is 20.2 Å². The van der Waals surface area contributed by atoms with Gasteiger partial charge in [0.25, 0.3) is 0 Å². The third-order valence-electron chi connectivity index (χ3n) is 5.53. The fraction of sp³-hybridized carbons (Fsp3) is 0.550. The quantitative estimate of drug-likeness (QED) is 0.886. The molecule has 1 aromatic heterocycles. The Morgan fingerprint density at radius 2 is 1.92 bits per heavy atom. The highest BCUT2D eigenvalue weighted by Crippen LogP contribution is 2.32. The van der Waals surface area contributed by atoms with Gasteiger partial charge in [-0.15, -0.1) is 0 Å². The van der Waals surface area contributed by atoms with Crippen molar-refractivity contribution in [2.45, 2.75) is 45.6 Å². The number of likely N-dealkylation sites (tertiary alicyclic amines) is 1. The van der Waals surface area contributed by atoms with Crippen molar-refractivity contribution >= 4 is 22.8 Å².